The van der Waals surface area contributed by atoms with Crippen LogP contribution in [0.25, 0.3) is 10.8 Å². The number of fused-ring (bicyclic) bond motifs is 1. The van der Waals surface area contributed by atoms with Gasteiger partial charge in [0.05, 0.1) is 12.8 Å². The van der Waals surface area contributed by atoms with Crippen LogP contribution in [0.15, 0.2) is 78.4 Å². The summed E-state index contributed by atoms with van der Waals surface area (Å²) in [6.07, 6.45) is 3.71. The van der Waals surface area contributed by atoms with Gasteiger partial charge in [-0.2, -0.15) is 5.10 Å². The Balaban J connectivity index is 1.59. The van der Waals surface area contributed by atoms with Crippen LogP contribution >= 0.6 is 0 Å². The van der Waals surface area contributed by atoms with Crippen molar-refractivity contribution in [2.45, 2.75) is 6.42 Å². The van der Waals surface area contributed by atoms with Crippen molar-refractivity contribution >= 4 is 28.6 Å². The summed E-state index contributed by atoms with van der Waals surface area (Å²) in [7, 11) is 0. The van der Waals surface area contributed by atoms with Gasteiger partial charge in [-0.15, -0.1) is 6.58 Å². The van der Waals surface area contributed by atoms with Crippen LogP contribution in [-0.2, 0) is 11.2 Å². The molecule has 27 heavy (non-hydrogen) atoms. The fourth-order valence-corrected chi connectivity index (χ4v) is 2.80. The molecule has 5 nitrogen and oxygen atoms in total. The Bertz CT molecular complexity index is 991. The number of carbonyl (C=O) groups is 1. The van der Waals surface area contributed by atoms with Gasteiger partial charge in [-0.25, -0.2) is 5.43 Å². The third-order valence-corrected chi connectivity index (χ3v) is 4.14. The van der Waals surface area contributed by atoms with Gasteiger partial charge >= 0.3 is 0 Å². The molecule has 3 N–H and O–H groups in total. The van der Waals surface area contributed by atoms with Gasteiger partial charge in [0, 0.05) is 16.6 Å². The summed E-state index contributed by atoms with van der Waals surface area (Å²) in [6.45, 7) is 3.76. The molecule has 0 unspecified atom stereocenters. The summed E-state index contributed by atoms with van der Waals surface area (Å²) in [5.74, 6) is -0.134. The largest absolute Gasteiger partial charge is 0.507 e. The van der Waals surface area contributed by atoms with Crippen LogP contribution < -0.4 is 10.7 Å². The molecule has 0 aliphatic carbocycles. The number of rotatable bonds is 7. The van der Waals surface area contributed by atoms with E-state index in [9.17, 15) is 9.90 Å². The van der Waals surface area contributed by atoms with Crippen LogP contribution in [0, 0.1) is 0 Å². The highest BCUT2D eigenvalue weighted by atomic mass is 16.3. The number of carbonyl (C=O) groups excluding carboxylic acids is 1. The molecule has 3 rings (SSSR count). The zero-order chi connectivity index (χ0) is 19.1. The molecule has 0 fully saturated rings. The molecule has 1 amide bonds. The predicted molar refractivity (Wildman–Crippen MR) is 110 cm³/mol. The average molecular weight is 359 g/mol. The van der Waals surface area contributed by atoms with Crippen LogP contribution in [0.4, 0.5) is 5.69 Å². The highest BCUT2D eigenvalue weighted by Crippen LogP contribution is 2.23. The minimum Gasteiger partial charge on any atom is -0.507 e. The Labute approximate surface area is 158 Å². The van der Waals surface area contributed by atoms with Crippen molar-refractivity contribution in [3.63, 3.8) is 0 Å². The van der Waals surface area contributed by atoms with E-state index >= 15 is 0 Å². The molecule has 0 aliphatic heterocycles. The molecule has 136 valence electrons. The molecule has 0 bridgehead atoms. The van der Waals surface area contributed by atoms with Crippen molar-refractivity contribution in [1.82, 2.24) is 5.43 Å². The van der Waals surface area contributed by atoms with Crippen molar-refractivity contribution in [1.29, 1.82) is 0 Å². The first-order valence-corrected chi connectivity index (χ1v) is 8.64. The molecular weight excluding hydrogens is 338 g/mol. The molecule has 0 heterocycles. The molecule has 0 aliphatic rings. The standard InChI is InChI=1S/C22H21N3O2/c1-2-7-17-10-5-11-18(22(17)27)14-24-25-21(26)15-23-20-13-6-9-16-8-3-4-12-19(16)20/h2-6,8-14,23,27H,1,7,15H2,(H,25,26)/b24-14-. The van der Waals surface area contributed by atoms with Crippen molar-refractivity contribution in [3.8, 4) is 5.75 Å². The van der Waals surface area contributed by atoms with E-state index < -0.39 is 0 Å². The number of benzene rings is 3. The fourth-order valence-electron chi connectivity index (χ4n) is 2.80. The lowest BCUT2D eigenvalue weighted by molar-refractivity contribution is -0.119. The summed E-state index contributed by atoms with van der Waals surface area (Å²) < 4.78 is 0. The first-order chi connectivity index (χ1) is 13.2. The van der Waals surface area contributed by atoms with Gasteiger partial charge in [0.15, 0.2) is 0 Å². The maximum Gasteiger partial charge on any atom is 0.259 e. The fraction of sp³-hybridized carbons (Fsp3) is 0.0909. The molecular formula is C22H21N3O2. The first-order valence-electron chi connectivity index (χ1n) is 8.64. The van der Waals surface area contributed by atoms with E-state index in [0.717, 1.165) is 22.0 Å². The summed E-state index contributed by atoms with van der Waals surface area (Å²) in [6, 6.07) is 19.2. The van der Waals surface area contributed by atoms with Gasteiger partial charge in [-0.05, 0) is 29.5 Å². The van der Waals surface area contributed by atoms with E-state index in [2.05, 4.69) is 22.4 Å². The van der Waals surface area contributed by atoms with Crippen molar-refractivity contribution < 1.29 is 9.90 Å². The summed E-state index contributed by atoms with van der Waals surface area (Å²) in [5.41, 5.74) is 4.66. The quantitative estimate of drug-likeness (QED) is 0.341. The number of hydrogen-bond donors (Lipinski definition) is 3. The number of phenols is 1. The number of nitrogens with zero attached hydrogens (tertiary/aromatic N) is 1. The normalized spacial score (nSPS) is 10.8. The highest BCUT2D eigenvalue weighted by molar-refractivity contribution is 5.95. The molecule has 5 heteroatoms. The van der Waals surface area contributed by atoms with Crippen molar-refractivity contribution in [2.24, 2.45) is 5.10 Å². The number of nitrogens with one attached hydrogen (secondary N) is 2. The van der Waals surface area contributed by atoms with Crippen LogP contribution in [0.5, 0.6) is 5.75 Å². The van der Waals surface area contributed by atoms with Gasteiger partial charge in [0.2, 0.25) is 0 Å². The van der Waals surface area contributed by atoms with E-state index in [0.29, 0.717) is 12.0 Å². The van der Waals surface area contributed by atoms with E-state index in [-0.39, 0.29) is 18.2 Å². The average Bonchev–Trinajstić information content (AvgIpc) is 2.69. The Morgan fingerprint density at radius 2 is 1.85 bits per heavy atom. The minimum absolute atomic E-state index is 0.0911. The van der Waals surface area contributed by atoms with E-state index in [1.165, 1.54) is 6.21 Å². The van der Waals surface area contributed by atoms with E-state index in [1.54, 1.807) is 12.1 Å². The number of allylic oxidation sites excluding steroid dienone is 1. The zero-order valence-electron chi connectivity index (χ0n) is 14.9. The number of amides is 1. The van der Waals surface area contributed by atoms with Crippen LogP contribution in [-0.4, -0.2) is 23.8 Å². The second-order valence-electron chi connectivity index (χ2n) is 6.02. The number of aromatic hydroxyl groups is 1. The second kappa shape index (κ2) is 8.67. The van der Waals surface area contributed by atoms with Crippen LogP contribution in [0.2, 0.25) is 0 Å². The number of anilines is 1. The summed E-state index contributed by atoms with van der Waals surface area (Å²) >= 11 is 0. The maximum atomic E-state index is 12.0. The third kappa shape index (κ3) is 4.52. The van der Waals surface area contributed by atoms with Gasteiger partial charge in [0.1, 0.15) is 5.75 Å². The molecule has 3 aromatic rings. The van der Waals surface area contributed by atoms with Crippen LogP contribution in [0.1, 0.15) is 11.1 Å². The molecule has 0 radical (unpaired) electrons. The zero-order valence-corrected chi connectivity index (χ0v) is 14.9. The number of hydrogen-bond acceptors (Lipinski definition) is 4. The lowest BCUT2D eigenvalue weighted by Crippen LogP contribution is -2.25. The Hall–Kier alpha value is -3.60. The lowest BCUT2D eigenvalue weighted by Gasteiger charge is -2.09. The lowest BCUT2D eigenvalue weighted by atomic mass is 10.1. The predicted octanol–water partition coefficient (Wildman–Crippen LogP) is 3.84. The van der Waals surface area contributed by atoms with E-state index in [1.807, 2.05) is 54.6 Å². The summed E-state index contributed by atoms with van der Waals surface area (Å²) in [4.78, 5) is 12.0. The maximum absolute atomic E-state index is 12.0. The number of para-hydroxylation sites is 1. The topological polar surface area (TPSA) is 73.7 Å². The molecule has 3 aromatic carbocycles. The van der Waals surface area contributed by atoms with Gasteiger partial charge < -0.3 is 10.4 Å². The number of hydrazone groups is 1. The molecule has 0 aromatic heterocycles. The minimum atomic E-state index is -0.277. The molecule has 0 spiro atoms. The monoisotopic (exact) mass is 359 g/mol. The number of phenolic OH excluding ortho intramolecular Hbond substituents is 1. The van der Waals surface area contributed by atoms with Gasteiger partial charge in [0.25, 0.3) is 5.91 Å². The SMILES string of the molecule is C=CCc1cccc(/C=N\NC(=O)CNc2cccc3ccccc23)c1O. The molecule has 0 saturated carbocycles. The smallest absolute Gasteiger partial charge is 0.259 e. The Morgan fingerprint density at radius 1 is 1.07 bits per heavy atom. The Morgan fingerprint density at radius 3 is 2.70 bits per heavy atom. The highest BCUT2D eigenvalue weighted by Gasteiger charge is 2.05. The van der Waals surface area contributed by atoms with Crippen molar-refractivity contribution in [2.75, 3.05) is 11.9 Å². The second-order valence-corrected chi connectivity index (χ2v) is 6.02. The third-order valence-electron chi connectivity index (χ3n) is 4.14. The van der Waals surface area contributed by atoms with Gasteiger partial charge in [-0.1, -0.05) is 54.6 Å². The summed E-state index contributed by atoms with van der Waals surface area (Å²) in [5, 5.41) is 19.4. The first kappa shape index (κ1) is 18.2. The van der Waals surface area contributed by atoms with Crippen LogP contribution in [0.3, 0.4) is 0 Å². The molecule has 0 saturated heterocycles. The van der Waals surface area contributed by atoms with Gasteiger partial charge in [-0.3, -0.25) is 4.79 Å². The van der Waals surface area contributed by atoms with E-state index in [4.69, 9.17) is 0 Å². The Kier molecular flexibility index (Phi) is 5.84. The molecule has 0 atom stereocenters. The van der Waals surface area contributed by atoms with Crippen molar-refractivity contribution in [3.05, 3.63) is 84.4 Å².